The normalized spacial score (nSPS) is 12.8. The van der Waals surface area contributed by atoms with Gasteiger partial charge in [-0.2, -0.15) is 0 Å². The van der Waals surface area contributed by atoms with E-state index in [1.165, 1.54) is 11.0 Å². The summed E-state index contributed by atoms with van der Waals surface area (Å²) in [5.41, 5.74) is 4.20. The van der Waals surface area contributed by atoms with E-state index in [-0.39, 0.29) is 42.4 Å². The summed E-state index contributed by atoms with van der Waals surface area (Å²) in [6.07, 6.45) is 4.43. The minimum Gasteiger partial charge on any atom is -0.487 e. The Hall–Kier alpha value is -4.11. The van der Waals surface area contributed by atoms with Crippen molar-refractivity contribution in [2.45, 2.75) is 26.4 Å². The molecule has 11 heteroatoms. The summed E-state index contributed by atoms with van der Waals surface area (Å²) in [6.45, 7) is 2.47. The maximum atomic E-state index is 12.9. The van der Waals surface area contributed by atoms with Crippen LogP contribution in [0.25, 0.3) is 17.0 Å². The van der Waals surface area contributed by atoms with E-state index in [9.17, 15) is 14.4 Å². The van der Waals surface area contributed by atoms with E-state index < -0.39 is 5.91 Å². The van der Waals surface area contributed by atoms with Crippen molar-refractivity contribution in [1.82, 2.24) is 10.3 Å². The first-order valence-electron chi connectivity index (χ1n) is 13.8. The molecule has 1 saturated heterocycles. The summed E-state index contributed by atoms with van der Waals surface area (Å²) in [6, 6.07) is 20.3. The summed E-state index contributed by atoms with van der Waals surface area (Å²) >= 11 is 13.2. The third-order valence-electron chi connectivity index (χ3n) is 7.21. The van der Waals surface area contributed by atoms with Gasteiger partial charge in [0.1, 0.15) is 17.9 Å². The smallest absolute Gasteiger partial charge is 0.246 e. The number of anilines is 2. The van der Waals surface area contributed by atoms with Gasteiger partial charge in [0, 0.05) is 53.4 Å². The first-order chi connectivity index (χ1) is 20.7. The molecule has 1 fully saturated rings. The van der Waals surface area contributed by atoms with Crippen LogP contribution in [-0.4, -0.2) is 42.8 Å². The van der Waals surface area contributed by atoms with Crippen molar-refractivity contribution in [3.05, 3.63) is 99.7 Å². The number of ether oxygens (including phenoxy) is 1. The summed E-state index contributed by atoms with van der Waals surface area (Å²) in [4.78, 5) is 45.0. The van der Waals surface area contributed by atoms with Gasteiger partial charge in [0.2, 0.25) is 17.7 Å². The fourth-order valence-electron chi connectivity index (χ4n) is 4.79. The van der Waals surface area contributed by atoms with Gasteiger partial charge in [-0.05, 0) is 61.4 Å². The number of amides is 3. The molecule has 1 aliphatic heterocycles. The van der Waals surface area contributed by atoms with Crippen LogP contribution in [0.5, 0.6) is 5.75 Å². The number of nitrogens with one attached hydrogen (secondary N) is 1. The van der Waals surface area contributed by atoms with E-state index in [2.05, 4.69) is 10.3 Å². The van der Waals surface area contributed by atoms with E-state index in [4.69, 9.17) is 27.9 Å². The summed E-state index contributed by atoms with van der Waals surface area (Å²) in [5.74, 6) is -0.0752. The summed E-state index contributed by atoms with van der Waals surface area (Å²) in [5, 5.41) is 4.23. The zero-order chi connectivity index (χ0) is 30.5. The third-order valence-corrected chi connectivity index (χ3v) is 7.99. The van der Waals surface area contributed by atoms with Crippen molar-refractivity contribution in [2.24, 2.45) is 0 Å². The molecule has 0 bridgehead atoms. The standard InChI is InChI=1S/C33H30Cl2N4O4.ClH/c1-21-8-12-23-5-3-6-28(33(23)37-21)43-20-25-26(34)15-16-27(32(25)35)38(2)31(42)19-36-29(40)17-11-22-9-13-24(14-10-22)39-18-4-7-30(39)41;/h3,5-6,8-17H,4,7,18-20H2,1-2H3,(H,36,40);1H. The zero-order valence-electron chi connectivity index (χ0n) is 24.2. The molecule has 0 atom stereocenters. The number of benzene rings is 3. The van der Waals surface area contributed by atoms with Gasteiger partial charge >= 0.3 is 0 Å². The molecule has 3 amide bonds. The molecular formula is C33H31Cl3N4O4. The molecule has 0 radical (unpaired) electrons. The van der Waals surface area contributed by atoms with Crippen molar-refractivity contribution in [3.63, 3.8) is 0 Å². The minimum atomic E-state index is -0.421. The molecule has 228 valence electrons. The van der Waals surface area contributed by atoms with Crippen LogP contribution < -0.4 is 19.9 Å². The van der Waals surface area contributed by atoms with Crippen molar-refractivity contribution < 1.29 is 19.1 Å². The number of aromatic nitrogens is 1. The van der Waals surface area contributed by atoms with Gasteiger partial charge in [-0.25, -0.2) is 4.98 Å². The van der Waals surface area contributed by atoms with Gasteiger partial charge in [-0.15, -0.1) is 12.4 Å². The van der Waals surface area contributed by atoms with Gasteiger partial charge in [0.25, 0.3) is 0 Å². The van der Waals surface area contributed by atoms with E-state index in [0.717, 1.165) is 40.8 Å². The Kier molecular flexibility index (Phi) is 10.9. The second-order valence-corrected chi connectivity index (χ2v) is 11.0. The van der Waals surface area contributed by atoms with Gasteiger partial charge in [-0.3, -0.25) is 14.4 Å². The number of hydrogen-bond donors (Lipinski definition) is 1. The van der Waals surface area contributed by atoms with E-state index >= 15 is 0 Å². The summed E-state index contributed by atoms with van der Waals surface area (Å²) < 4.78 is 6.08. The van der Waals surface area contributed by atoms with Crippen LogP contribution in [0, 0.1) is 6.92 Å². The lowest BCUT2D eigenvalue weighted by Crippen LogP contribution is -2.37. The molecule has 44 heavy (non-hydrogen) atoms. The van der Waals surface area contributed by atoms with Crippen molar-refractivity contribution in [2.75, 3.05) is 29.9 Å². The zero-order valence-corrected chi connectivity index (χ0v) is 26.5. The lowest BCUT2D eigenvalue weighted by Gasteiger charge is -2.21. The van der Waals surface area contributed by atoms with Gasteiger partial charge in [-0.1, -0.05) is 53.5 Å². The van der Waals surface area contributed by atoms with Crippen molar-refractivity contribution in [1.29, 1.82) is 0 Å². The number of halogens is 3. The van der Waals surface area contributed by atoms with Crippen LogP contribution in [-0.2, 0) is 21.0 Å². The van der Waals surface area contributed by atoms with Crippen LogP contribution in [0.1, 0.15) is 29.7 Å². The topological polar surface area (TPSA) is 91.8 Å². The van der Waals surface area contributed by atoms with Gasteiger partial charge in [0.15, 0.2) is 0 Å². The Morgan fingerprint density at radius 3 is 2.57 bits per heavy atom. The molecule has 1 N–H and O–H groups in total. The molecular weight excluding hydrogens is 623 g/mol. The number of nitrogens with zero attached hydrogens (tertiary/aromatic N) is 3. The Bertz CT molecular complexity index is 1730. The molecule has 8 nitrogen and oxygen atoms in total. The molecule has 0 aliphatic carbocycles. The molecule has 1 aliphatic rings. The van der Waals surface area contributed by atoms with Crippen LogP contribution in [0.15, 0.2) is 72.8 Å². The van der Waals surface area contributed by atoms with E-state index in [0.29, 0.717) is 28.4 Å². The Morgan fingerprint density at radius 1 is 1.07 bits per heavy atom. The van der Waals surface area contributed by atoms with Crippen LogP contribution in [0.3, 0.4) is 0 Å². The number of para-hydroxylation sites is 1. The van der Waals surface area contributed by atoms with Gasteiger partial charge < -0.3 is 19.9 Å². The largest absolute Gasteiger partial charge is 0.487 e. The summed E-state index contributed by atoms with van der Waals surface area (Å²) in [7, 11) is 1.58. The fraction of sp³-hybridized carbons (Fsp3) is 0.212. The number of pyridine rings is 1. The molecule has 1 aromatic heterocycles. The fourth-order valence-corrected chi connectivity index (χ4v) is 5.40. The average Bonchev–Trinajstić information content (AvgIpc) is 3.44. The molecule has 2 heterocycles. The first kappa shape index (κ1) is 32.8. The highest BCUT2D eigenvalue weighted by Crippen LogP contribution is 2.35. The Morgan fingerprint density at radius 2 is 1.84 bits per heavy atom. The average molecular weight is 654 g/mol. The third kappa shape index (κ3) is 7.50. The second-order valence-electron chi connectivity index (χ2n) is 10.2. The number of rotatable bonds is 9. The monoisotopic (exact) mass is 652 g/mol. The lowest BCUT2D eigenvalue weighted by atomic mass is 10.1. The maximum absolute atomic E-state index is 12.9. The van der Waals surface area contributed by atoms with E-state index in [1.54, 1.807) is 30.2 Å². The van der Waals surface area contributed by atoms with Crippen LogP contribution >= 0.6 is 35.6 Å². The highest BCUT2D eigenvalue weighted by Gasteiger charge is 2.22. The molecule has 5 rings (SSSR count). The molecule has 3 aromatic carbocycles. The second kappa shape index (κ2) is 14.6. The number of carbonyl (C=O) groups is 3. The first-order valence-corrected chi connectivity index (χ1v) is 14.6. The quantitative estimate of drug-likeness (QED) is 0.201. The van der Waals surface area contributed by atoms with Crippen LogP contribution in [0.2, 0.25) is 10.0 Å². The number of fused-ring (bicyclic) bond motifs is 1. The predicted molar refractivity (Wildman–Crippen MR) is 178 cm³/mol. The Labute approximate surface area is 272 Å². The van der Waals surface area contributed by atoms with E-state index in [1.807, 2.05) is 61.5 Å². The molecule has 0 spiro atoms. The molecule has 4 aromatic rings. The number of hydrogen-bond acceptors (Lipinski definition) is 5. The molecule has 0 unspecified atom stereocenters. The maximum Gasteiger partial charge on any atom is 0.246 e. The Balaban J connectivity index is 0.00000442. The predicted octanol–water partition coefficient (Wildman–Crippen LogP) is 6.77. The number of aryl methyl sites for hydroxylation is 1. The van der Waals surface area contributed by atoms with Crippen LogP contribution in [0.4, 0.5) is 11.4 Å². The number of likely N-dealkylation sites (N-methyl/N-ethyl adjacent to an activating group) is 1. The molecule has 0 saturated carbocycles. The SMILES string of the molecule is Cc1ccc2cccc(OCc3c(Cl)ccc(N(C)C(=O)CNC(=O)C=Cc4ccc(N5CCCC5=O)cc4)c3Cl)c2n1.Cl. The van der Waals surface area contributed by atoms with Gasteiger partial charge in [0.05, 0.1) is 17.3 Å². The lowest BCUT2D eigenvalue weighted by molar-refractivity contribution is -0.122. The highest BCUT2D eigenvalue weighted by molar-refractivity contribution is 6.38. The minimum absolute atomic E-state index is 0. The highest BCUT2D eigenvalue weighted by atomic mass is 35.5. The number of carbonyl (C=O) groups excluding carboxylic acids is 3. The van der Waals surface area contributed by atoms with Crippen molar-refractivity contribution in [3.8, 4) is 5.75 Å². The van der Waals surface area contributed by atoms with Crippen molar-refractivity contribution >= 4 is 81.7 Å².